The Kier molecular flexibility index (Phi) is 4.53. The van der Waals surface area contributed by atoms with Crippen molar-refractivity contribution in [2.45, 2.75) is 25.7 Å². The number of aryl methyl sites for hydroxylation is 1. The van der Waals surface area contributed by atoms with Gasteiger partial charge in [-0.25, -0.2) is 0 Å². The monoisotopic (exact) mass is 340 g/mol. The van der Waals surface area contributed by atoms with Crippen LogP contribution in [-0.4, -0.2) is 52.3 Å². The quantitative estimate of drug-likeness (QED) is 0.876. The van der Waals surface area contributed by atoms with E-state index in [0.717, 1.165) is 24.8 Å². The Morgan fingerprint density at radius 2 is 2.08 bits per heavy atom. The molecule has 2 fully saturated rings. The van der Waals surface area contributed by atoms with Crippen molar-refractivity contribution in [3.8, 4) is 0 Å². The summed E-state index contributed by atoms with van der Waals surface area (Å²) in [5, 5.41) is 6.83. The molecule has 0 bridgehead atoms. The molecule has 1 aliphatic carbocycles. The van der Waals surface area contributed by atoms with Gasteiger partial charge in [0.15, 0.2) is 0 Å². The highest BCUT2D eigenvalue weighted by atomic mass is 16.5. The fourth-order valence-electron chi connectivity index (χ4n) is 3.60. The van der Waals surface area contributed by atoms with E-state index < -0.39 is 0 Å². The van der Waals surface area contributed by atoms with Gasteiger partial charge in [-0.3, -0.25) is 14.9 Å². The lowest BCUT2D eigenvalue weighted by molar-refractivity contribution is 0.0739. The van der Waals surface area contributed by atoms with Crippen molar-refractivity contribution in [2.24, 2.45) is 11.8 Å². The van der Waals surface area contributed by atoms with Gasteiger partial charge in [-0.05, 0) is 43.4 Å². The highest BCUT2D eigenvalue weighted by Gasteiger charge is 2.37. The van der Waals surface area contributed by atoms with Crippen molar-refractivity contribution >= 4 is 5.91 Å². The predicted molar refractivity (Wildman–Crippen MR) is 93.2 cm³/mol. The summed E-state index contributed by atoms with van der Waals surface area (Å²) in [6.45, 7) is 4.88. The van der Waals surface area contributed by atoms with Crippen LogP contribution in [0, 0.1) is 18.8 Å². The topological polar surface area (TPSA) is 71.1 Å². The Hall–Kier alpha value is -2.21. The van der Waals surface area contributed by atoms with Gasteiger partial charge in [0.05, 0.1) is 18.4 Å². The lowest BCUT2D eigenvalue weighted by Gasteiger charge is -2.18. The number of carbonyl (C=O) groups excluding carboxylic acids is 1. The number of rotatable bonds is 6. The molecule has 2 aliphatic rings. The fourth-order valence-corrected chi connectivity index (χ4v) is 3.60. The van der Waals surface area contributed by atoms with E-state index in [-0.39, 0.29) is 5.91 Å². The Morgan fingerprint density at radius 3 is 2.76 bits per heavy atom. The van der Waals surface area contributed by atoms with Gasteiger partial charge >= 0.3 is 0 Å². The Morgan fingerprint density at radius 1 is 1.28 bits per heavy atom. The van der Waals surface area contributed by atoms with Crippen LogP contribution in [0.4, 0.5) is 0 Å². The van der Waals surface area contributed by atoms with Gasteiger partial charge < -0.3 is 9.64 Å². The van der Waals surface area contributed by atoms with E-state index in [9.17, 15) is 4.79 Å². The molecule has 1 amide bonds. The summed E-state index contributed by atoms with van der Waals surface area (Å²) in [6, 6.07) is 4.10. The zero-order valence-corrected chi connectivity index (χ0v) is 14.5. The molecule has 4 rings (SSSR count). The number of carbonyl (C=O) groups is 1. The lowest BCUT2D eigenvalue weighted by atomic mass is 9.90. The number of likely N-dealkylation sites (tertiary alicyclic amines) is 1. The molecule has 3 heterocycles. The van der Waals surface area contributed by atoms with E-state index in [0.29, 0.717) is 30.6 Å². The molecule has 1 saturated carbocycles. The number of H-pyrrole nitrogens is 1. The number of hydrogen-bond donors (Lipinski definition) is 1. The summed E-state index contributed by atoms with van der Waals surface area (Å²) < 4.78 is 5.96. The average Bonchev–Trinajstić information content (AvgIpc) is 3.20. The van der Waals surface area contributed by atoms with Crippen molar-refractivity contribution in [3.05, 3.63) is 47.5 Å². The molecule has 2 aromatic rings. The van der Waals surface area contributed by atoms with Gasteiger partial charge in [0.25, 0.3) is 5.91 Å². The van der Waals surface area contributed by atoms with E-state index >= 15 is 0 Å². The molecule has 0 unspecified atom stereocenters. The standard InChI is InChI=1S/C19H24N4O2/c1-13-17(8-21-22-13)19(24)23-9-16(12-25-11-14-2-3-14)18(10-23)15-4-6-20-7-5-15/h4-8,14,16,18H,2-3,9-12H2,1H3,(H,21,22)/t16-,18-/m0/s1. The van der Waals surface area contributed by atoms with Crippen LogP contribution in [0.15, 0.2) is 30.7 Å². The van der Waals surface area contributed by atoms with Crippen LogP contribution in [0.25, 0.3) is 0 Å². The largest absolute Gasteiger partial charge is 0.381 e. The third-order valence-electron chi connectivity index (χ3n) is 5.31. The number of amides is 1. The van der Waals surface area contributed by atoms with Crippen molar-refractivity contribution in [2.75, 3.05) is 26.3 Å². The lowest BCUT2D eigenvalue weighted by Crippen LogP contribution is -2.29. The maximum Gasteiger partial charge on any atom is 0.257 e. The summed E-state index contributed by atoms with van der Waals surface area (Å²) in [4.78, 5) is 18.9. The first kappa shape index (κ1) is 16.3. The summed E-state index contributed by atoms with van der Waals surface area (Å²) in [5.41, 5.74) is 2.71. The number of nitrogens with one attached hydrogen (secondary N) is 1. The normalized spacial score (nSPS) is 23.2. The van der Waals surface area contributed by atoms with Crippen LogP contribution in [0.2, 0.25) is 0 Å². The molecule has 2 atom stereocenters. The van der Waals surface area contributed by atoms with E-state index in [1.54, 1.807) is 6.20 Å². The molecule has 1 aliphatic heterocycles. The van der Waals surface area contributed by atoms with Crippen LogP contribution in [0.3, 0.4) is 0 Å². The van der Waals surface area contributed by atoms with Crippen molar-refractivity contribution in [3.63, 3.8) is 0 Å². The van der Waals surface area contributed by atoms with E-state index in [2.05, 4.69) is 27.3 Å². The molecule has 1 N–H and O–H groups in total. The molecule has 2 aromatic heterocycles. The van der Waals surface area contributed by atoms with E-state index in [1.807, 2.05) is 24.2 Å². The van der Waals surface area contributed by atoms with Gasteiger partial charge in [0.2, 0.25) is 0 Å². The van der Waals surface area contributed by atoms with Gasteiger partial charge in [-0.15, -0.1) is 0 Å². The van der Waals surface area contributed by atoms with Crippen LogP contribution >= 0.6 is 0 Å². The minimum Gasteiger partial charge on any atom is -0.381 e. The molecule has 6 nitrogen and oxygen atoms in total. The van der Waals surface area contributed by atoms with Gasteiger partial charge in [-0.2, -0.15) is 5.10 Å². The Balaban J connectivity index is 1.48. The minimum atomic E-state index is 0.0509. The first-order chi connectivity index (χ1) is 12.2. The molecule has 1 saturated heterocycles. The summed E-state index contributed by atoms with van der Waals surface area (Å²) in [7, 11) is 0. The molecule has 0 radical (unpaired) electrons. The third kappa shape index (κ3) is 3.58. The summed E-state index contributed by atoms with van der Waals surface area (Å²) in [5.74, 6) is 1.41. The maximum atomic E-state index is 12.9. The smallest absolute Gasteiger partial charge is 0.257 e. The second-order valence-corrected chi connectivity index (χ2v) is 7.25. The number of ether oxygens (including phenoxy) is 1. The Bertz CT molecular complexity index is 726. The third-order valence-corrected chi connectivity index (χ3v) is 5.31. The van der Waals surface area contributed by atoms with Crippen molar-refractivity contribution in [1.29, 1.82) is 0 Å². The zero-order chi connectivity index (χ0) is 17.2. The SMILES string of the molecule is Cc1[nH]ncc1C(=O)N1C[C@@H](COCC2CC2)[C@H](c2ccncc2)C1. The van der Waals surface area contributed by atoms with Crippen molar-refractivity contribution < 1.29 is 9.53 Å². The van der Waals surface area contributed by atoms with Gasteiger partial charge in [0, 0.05) is 49.6 Å². The minimum absolute atomic E-state index is 0.0509. The summed E-state index contributed by atoms with van der Waals surface area (Å²) >= 11 is 0. The van der Waals surface area contributed by atoms with E-state index in [1.165, 1.54) is 18.4 Å². The van der Waals surface area contributed by atoms with Crippen LogP contribution < -0.4 is 0 Å². The molecule has 25 heavy (non-hydrogen) atoms. The van der Waals surface area contributed by atoms with E-state index in [4.69, 9.17) is 4.74 Å². The molecule has 6 heteroatoms. The van der Waals surface area contributed by atoms with Crippen LogP contribution in [-0.2, 0) is 4.74 Å². The Labute approximate surface area is 147 Å². The molecule has 132 valence electrons. The number of pyridine rings is 1. The first-order valence-corrected chi connectivity index (χ1v) is 8.99. The number of aromatic amines is 1. The molecular formula is C19H24N4O2. The first-order valence-electron chi connectivity index (χ1n) is 8.99. The van der Waals surface area contributed by atoms with Crippen molar-refractivity contribution in [1.82, 2.24) is 20.1 Å². The highest BCUT2D eigenvalue weighted by Crippen LogP contribution is 2.35. The second kappa shape index (κ2) is 6.96. The second-order valence-electron chi connectivity index (χ2n) is 7.25. The molecule has 0 aromatic carbocycles. The van der Waals surface area contributed by atoms with Gasteiger partial charge in [-0.1, -0.05) is 0 Å². The number of nitrogens with zero attached hydrogens (tertiary/aromatic N) is 3. The van der Waals surface area contributed by atoms with Crippen LogP contribution in [0.1, 0.15) is 40.4 Å². The predicted octanol–water partition coefficient (Wildman–Crippen LogP) is 2.40. The zero-order valence-electron chi connectivity index (χ0n) is 14.5. The van der Waals surface area contributed by atoms with Gasteiger partial charge in [0.1, 0.15) is 0 Å². The summed E-state index contributed by atoms with van der Waals surface area (Å²) in [6.07, 6.45) is 7.85. The molecular weight excluding hydrogens is 316 g/mol. The highest BCUT2D eigenvalue weighted by molar-refractivity contribution is 5.95. The average molecular weight is 340 g/mol. The number of aromatic nitrogens is 3. The maximum absolute atomic E-state index is 12.9. The fraction of sp³-hybridized carbons (Fsp3) is 0.526. The molecule has 0 spiro atoms. The van der Waals surface area contributed by atoms with Crippen LogP contribution in [0.5, 0.6) is 0 Å². The number of hydrogen-bond acceptors (Lipinski definition) is 4.